The van der Waals surface area contributed by atoms with Gasteiger partial charge in [-0.25, -0.2) is 22.8 Å². The first kappa shape index (κ1) is 63.0. The Hall–Kier alpha value is -7.06. The van der Waals surface area contributed by atoms with Crippen molar-refractivity contribution in [3.8, 4) is 11.3 Å². The van der Waals surface area contributed by atoms with Crippen LogP contribution in [0.4, 0.5) is 15.9 Å². The molecule has 10 rings (SSSR count). The van der Waals surface area contributed by atoms with Gasteiger partial charge in [0.2, 0.25) is 27.7 Å². The summed E-state index contributed by atoms with van der Waals surface area (Å²) >= 11 is 12.9. The van der Waals surface area contributed by atoms with Crippen molar-refractivity contribution in [3.63, 3.8) is 0 Å². The predicted molar refractivity (Wildman–Crippen MR) is 325 cm³/mol. The zero-order valence-electron chi connectivity index (χ0n) is 49.1. The minimum absolute atomic E-state index is 0.0184. The Labute approximate surface area is 514 Å². The summed E-state index contributed by atoms with van der Waals surface area (Å²) in [4.78, 5) is 83.2. The number of carbonyl (C=O) groups excluding carboxylic acids is 4. The van der Waals surface area contributed by atoms with Crippen molar-refractivity contribution in [1.82, 2.24) is 53.8 Å². The number of nitrogens with one attached hydrogen (secondary N) is 3. The third-order valence-corrected chi connectivity index (χ3v) is 19.2. The normalized spacial score (nSPS) is 20.2. The van der Waals surface area contributed by atoms with Gasteiger partial charge in [-0.15, -0.1) is 0 Å². The van der Waals surface area contributed by atoms with Crippen molar-refractivity contribution in [2.24, 2.45) is 10.8 Å². The third-order valence-electron chi connectivity index (χ3n) is 16.8. The standard InChI is InChI=1S/C61H73Cl2FN12O10S/c1-60(2,3)51(76-55(40-10-13-44(62)14-11-40)46(41-6-5-7-45(63)28-41)30-61(4,59(76)82)31-54(79)80)38-87(83,84)74-23-21-72(22-24-74)53(78)37-86-27-26-85-25-16-65-52(77)36-71-17-19-73(20-18-71)58(81)42-12-15-48(47(64)29-42)69-56-57-66-34-50(43-32-67-68-33-43)75(57)35-49(70-56)39-8-9-39/h5-7,10-15,28-29,32-35,39,46,51,55H,8-9,16-27,30-31,36-38H2,1-4H3,(H,65,77)(H,67,68)(H,69,70)(H,79,80)/t46-,51-,55-,61-/m1/s1. The van der Waals surface area contributed by atoms with E-state index in [1.54, 1.807) is 76.6 Å². The van der Waals surface area contributed by atoms with Gasteiger partial charge in [0.05, 0.1) is 85.5 Å². The van der Waals surface area contributed by atoms with Crippen LogP contribution in [0.25, 0.3) is 16.9 Å². The van der Waals surface area contributed by atoms with Crippen molar-refractivity contribution in [2.75, 3.05) is 103 Å². The lowest BCUT2D eigenvalue weighted by atomic mass is 9.66. The summed E-state index contributed by atoms with van der Waals surface area (Å²) in [7, 11) is -4.09. The van der Waals surface area contributed by atoms with Gasteiger partial charge in [-0.2, -0.15) is 9.40 Å². The molecule has 0 radical (unpaired) electrons. The molecule has 4 N–H and O–H groups in total. The highest BCUT2D eigenvalue weighted by Crippen LogP contribution is 2.54. The highest BCUT2D eigenvalue weighted by molar-refractivity contribution is 7.89. The molecule has 6 aromatic rings. The highest BCUT2D eigenvalue weighted by Gasteiger charge is 2.55. The number of carboxylic acids is 1. The number of amides is 4. The quantitative estimate of drug-likeness (QED) is 0.0462. The number of aromatic amines is 1. The van der Waals surface area contributed by atoms with Gasteiger partial charge in [-0.05, 0) is 78.3 Å². The Morgan fingerprint density at radius 1 is 0.885 bits per heavy atom. The molecule has 4 aliphatic rings. The van der Waals surface area contributed by atoms with Crippen molar-refractivity contribution in [2.45, 2.75) is 77.3 Å². The van der Waals surface area contributed by atoms with Crippen molar-refractivity contribution in [3.05, 3.63) is 130 Å². The largest absolute Gasteiger partial charge is 0.481 e. The van der Waals surface area contributed by atoms with Crippen LogP contribution in [0, 0.1) is 16.6 Å². The minimum atomic E-state index is -4.09. The fourth-order valence-corrected chi connectivity index (χ4v) is 14.2. The fourth-order valence-electron chi connectivity index (χ4n) is 11.9. The van der Waals surface area contributed by atoms with Gasteiger partial charge in [-0.1, -0.05) is 75.2 Å². The molecule has 0 unspecified atom stereocenters. The van der Waals surface area contributed by atoms with Gasteiger partial charge in [0.25, 0.3) is 5.91 Å². The molecule has 1 aliphatic carbocycles. The van der Waals surface area contributed by atoms with E-state index in [-0.39, 0.29) is 101 Å². The number of H-pyrrole nitrogens is 1. The number of piperazine rings is 2. The number of halogens is 3. The summed E-state index contributed by atoms with van der Waals surface area (Å²) in [5.41, 5.74) is 2.71. The Kier molecular flexibility index (Phi) is 19.3. The van der Waals surface area contributed by atoms with Gasteiger partial charge in [0.15, 0.2) is 11.5 Å². The van der Waals surface area contributed by atoms with Crippen LogP contribution in [0.3, 0.4) is 0 Å². The van der Waals surface area contributed by atoms with E-state index in [1.807, 2.05) is 54.5 Å². The number of nitrogens with zero attached hydrogens (tertiary/aromatic N) is 9. The van der Waals surface area contributed by atoms with E-state index in [9.17, 15) is 32.7 Å². The Balaban J connectivity index is 0.637. The van der Waals surface area contributed by atoms with E-state index in [0.717, 1.165) is 35.4 Å². The molecular formula is C61H73Cl2FN12O10S. The number of hydrogen-bond acceptors (Lipinski definition) is 14. The number of aromatic nitrogens is 5. The van der Waals surface area contributed by atoms with E-state index in [4.69, 9.17) is 37.7 Å². The molecule has 464 valence electrons. The second-order valence-corrected chi connectivity index (χ2v) is 27.0. The Morgan fingerprint density at radius 2 is 1.61 bits per heavy atom. The number of likely N-dealkylation sites (tertiary alicyclic amines) is 1. The number of hydrogen-bond donors (Lipinski definition) is 4. The van der Waals surface area contributed by atoms with Crippen LogP contribution in [0.1, 0.15) is 98.4 Å². The number of ether oxygens (including phenoxy) is 2. The second kappa shape index (κ2) is 26.7. The van der Waals surface area contributed by atoms with Crippen LogP contribution in [-0.4, -0.2) is 195 Å². The summed E-state index contributed by atoms with van der Waals surface area (Å²) in [6.07, 6.45) is 8.92. The predicted octanol–water partition coefficient (Wildman–Crippen LogP) is 7.22. The minimum Gasteiger partial charge on any atom is -0.481 e. The number of anilines is 2. The zero-order valence-corrected chi connectivity index (χ0v) is 51.4. The molecule has 4 amide bonds. The summed E-state index contributed by atoms with van der Waals surface area (Å²) in [5, 5.41) is 23.9. The van der Waals surface area contributed by atoms with E-state index in [2.05, 4.69) is 25.8 Å². The molecule has 3 aliphatic heterocycles. The maximum Gasteiger partial charge on any atom is 0.304 e. The highest BCUT2D eigenvalue weighted by atomic mass is 35.5. The Bertz CT molecular complexity index is 3590. The smallest absolute Gasteiger partial charge is 0.304 e. The van der Waals surface area contributed by atoms with E-state index < -0.39 is 68.7 Å². The molecule has 26 heteroatoms. The SMILES string of the molecule is CC(C)(C)[C@@H](CS(=O)(=O)N1CCN(C(=O)COCCOCCNC(=O)CN2CCN(C(=O)c3ccc(Nc4nc(C5CC5)cn5c(-c6cn[nH]c6)cnc45)c(F)c3)CC2)CC1)N1C(=O)[C@@](C)(CC(=O)O)C[C@H](c2cccc(Cl)c2)[C@H]1c1ccc(Cl)cc1. The second-order valence-electron chi connectivity index (χ2n) is 24.2. The average molecular weight is 1260 g/mol. The molecule has 87 heavy (non-hydrogen) atoms. The van der Waals surface area contributed by atoms with Crippen LogP contribution < -0.4 is 10.6 Å². The molecule has 4 atom stereocenters. The number of carbonyl (C=O) groups is 5. The molecule has 4 fully saturated rings. The first-order chi connectivity index (χ1) is 41.5. The zero-order chi connectivity index (χ0) is 61.8. The van der Waals surface area contributed by atoms with Crippen LogP contribution >= 0.6 is 23.2 Å². The number of piperidine rings is 1. The molecule has 0 bridgehead atoms. The lowest BCUT2D eigenvalue weighted by Crippen LogP contribution is -2.62. The van der Waals surface area contributed by atoms with Gasteiger partial charge in [0.1, 0.15) is 12.4 Å². The summed E-state index contributed by atoms with van der Waals surface area (Å²) in [5.74, 6) is -3.26. The number of rotatable bonds is 23. The first-order valence-corrected chi connectivity index (χ1v) is 31.6. The molecule has 3 aromatic carbocycles. The number of imidazole rings is 1. The van der Waals surface area contributed by atoms with Crippen LogP contribution in [-0.2, 0) is 38.7 Å². The van der Waals surface area contributed by atoms with E-state index >= 15 is 9.18 Å². The van der Waals surface area contributed by atoms with Gasteiger partial charge >= 0.3 is 5.97 Å². The average Bonchev–Trinajstić information content (AvgIpc) is 1.50. The van der Waals surface area contributed by atoms with Gasteiger partial charge in [0, 0.05) is 104 Å². The number of aliphatic carboxylic acids is 1. The molecular weight excluding hydrogens is 1180 g/mol. The molecule has 1 saturated carbocycles. The van der Waals surface area contributed by atoms with E-state index in [0.29, 0.717) is 59.2 Å². The number of fused-ring (bicyclic) bond motifs is 1. The maximum absolute atomic E-state index is 15.7. The summed E-state index contributed by atoms with van der Waals surface area (Å²) in [6.45, 7) is 9.69. The molecule has 6 heterocycles. The number of benzene rings is 3. The summed E-state index contributed by atoms with van der Waals surface area (Å²) < 4.78 is 59.4. The number of sulfonamides is 1. The summed E-state index contributed by atoms with van der Waals surface area (Å²) in [6, 6.07) is 17.0. The molecule has 22 nitrogen and oxygen atoms in total. The van der Waals surface area contributed by atoms with Crippen molar-refractivity contribution in [1.29, 1.82) is 0 Å². The number of carboxylic acid groups (broad SMARTS) is 1. The van der Waals surface area contributed by atoms with Gasteiger partial charge < -0.3 is 39.9 Å². The molecule has 3 aromatic heterocycles. The lowest BCUT2D eigenvalue weighted by Gasteiger charge is -2.54. The first-order valence-electron chi connectivity index (χ1n) is 29.2. The van der Waals surface area contributed by atoms with E-state index in [1.165, 1.54) is 16.4 Å². The van der Waals surface area contributed by atoms with Crippen molar-refractivity contribution < 1.29 is 51.4 Å². The molecule has 3 saturated heterocycles. The maximum atomic E-state index is 15.7. The monoisotopic (exact) mass is 1250 g/mol. The topological polar surface area (TPSA) is 257 Å². The van der Waals surface area contributed by atoms with Crippen molar-refractivity contribution >= 4 is 80.0 Å². The lowest BCUT2D eigenvalue weighted by molar-refractivity contribution is -0.162. The Morgan fingerprint density at radius 3 is 2.28 bits per heavy atom. The van der Waals surface area contributed by atoms with Gasteiger partial charge in [-0.3, -0.25) is 38.4 Å². The fraction of sp³-hybridized carbons (Fsp3) is 0.475. The molecule has 0 spiro atoms. The van der Waals surface area contributed by atoms with Crippen LogP contribution in [0.15, 0.2) is 91.5 Å². The van der Waals surface area contributed by atoms with Crippen LogP contribution in [0.2, 0.25) is 10.0 Å². The van der Waals surface area contributed by atoms with Crippen LogP contribution in [0.5, 0.6) is 0 Å². The third kappa shape index (κ3) is 14.9.